The van der Waals surface area contributed by atoms with Gasteiger partial charge in [-0.15, -0.1) is 0 Å². The topological polar surface area (TPSA) is 87.9 Å². The van der Waals surface area contributed by atoms with E-state index in [0.29, 0.717) is 38.9 Å². The number of aromatic nitrogens is 3. The number of nitrogens with zero attached hydrogens (tertiary/aromatic N) is 3. The highest BCUT2D eigenvalue weighted by Gasteiger charge is 2.54. The Labute approximate surface area is 220 Å². The maximum atomic E-state index is 16.0. The van der Waals surface area contributed by atoms with Crippen LogP contribution in [0, 0.1) is 0 Å². The molecule has 196 valence electrons. The van der Waals surface area contributed by atoms with E-state index in [1.165, 1.54) is 12.4 Å². The van der Waals surface area contributed by atoms with Gasteiger partial charge in [-0.1, -0.05) is 23.2 Å². The van der Waals surface area contributed by atoms with E-state index in [4.69, 9.17) is 41.7 Å². The maximum absolute atomic E-state index is 16.0. The second kappa shape index (κ2) is 11.9. The van der Waals surface area contributed by atoms with E-state index in [9.17, 15) is 4.89 Å². The molecule has 3 aromatic rings. The second-order valence-corrected chi connectivity index (χ2v) is 11.3. The van der Waals surface area contributed by atoms with Crippen LogP contribution >= 0.6 is 31.1 Å². The van der Waals surface area contributed by atoms with Gasteiger partial charge in [0.25, 0.3) is 0 Å². The highest BCUT2D eigenvalue weighted by atomic mass is 35.5. The third-order valence-corrected chi connectivity index (χ3v) is 8.56. The number of benzene rings is 1. The van der Waals surface area contributed by atoms with Crippen LogP contribution in [0.1, 0.15) is 69.5 Å². The number of hydrogen-bond donors (Lipinski definition) is 1. The molecule has 0 spiro atoms. The molecule has 3 unspecified atom stereocenters. The lowest BCUT2D eigenvalue weighted by Crippen LogP contribution is -2.19. The molecule has 1 N–H and O–H groups in total. The van der Waals surface area contributed by atoms with Crippen molar-refractivity contribution in [3.05, 3.63) is 51.9 Å². The van der Waals surface area contributed by atoms with Gasteiger partial charge in [-0.05, 0) is 58.2 Å². The van der Waals surface area contributed by atoms with Crippen molar-refractivity contribution in [2.24, 2.45) is 0 Å². The summed E-state index contributed by atoms with van der Waals surface area (Å²) in [6.45, 7) is 5.94. The minimum Gasteiger partial charge on any atom is -0.486 e. The molecular formula is C24H30Cl2FN3O5P+. The third kappa shape index (κ3) is 5.63. The first-order chi connectivity index (χ1) is 17.3. The molecule has 0 amide bonds. The Bertz CT molecular complexity index is 1170. The summed E-state index contributed by atoms with van der Waals surface area (Å²) < 4.78 is 40.5. The van der Waals surface area contributed by atoms with Crippen LogP contribution in [0.15, 0.2) is 30.6 Å². The quantitative estimate of drug-likeness (QED) is 0.259. The number of hydrogen-bond acceptors (Lipinski definition) is 7. The van der Waals surface area contributed by atoms with E-state index in [2.05, 4.69) is 10.1 Å². The van der Waals surface area contributed by atoms with Crippen LogP contribution in [0.5, 0.6) is 5.75 Å². The van der Waals surface area contributed by atoms with E-state index >= 15 is 4.39 Å². The van der Waals surface area contributed by atoms with Gasteiger partial charge in [-0.2, -0.15) is 23.4 Å². The lowest BCUT2D eigenvalue weighted by Gasteiger charge is -2.23. The van der Waals surface area contributed by atoms with Crippen molar-refractivity contribution in [2.45, 2.75) is 58.3 Å². The van der Waals surface area contributed by atoms with Gasteiger partial charge >= 0.3 is 13.9 Å². The highest BCUT2D eigenvalue weighted by Crippen LogP contribution is 2.69. The zero-order chi connectivity index (χ0) is 25.9. The van der Waals surface area contributed by atoms with Crippen LogP contribution < -0.4 is 4.74 Å². The summed E-state index contributed by atoms with van der Waals surface area (Å²) in [6.07, 6.45) is 4.83. The molecule has 0 bridgehead atoms. The summed E-state index contributed by atoms with van der Waals surface area (Å²) in [6, 6.07) is 5.25. The van der Waals surface area contributed by atoms with Crippen molar-refractivity contribution in [3.8, 4) is 5.75 Å². The normalized spacial score (nSPS) is 18.4. The molecule has 0 radical (unpaired) electrons. The minimum atomic E-state index is -3.88. The number of alkyl halides is 1. The van der Waals surface area contributed by atoms with Crippen molar-refractivity contribution >= 4 is 42.0 Å². The van der Waals surface area contributed by atoms with Crippen molar-refractivity contribution in [2.75, 3.05) is 19.8 Å². The fraction of sp³-hybridized carbons (Fsp3) is 0.500. The molecule has 2 aromatic heterocycles. The molecule has 1 aromatic carbocycles. The van der Waals surface area contributed by atoms with Gasteiger partial charge in [0.15, 0.2) is 11.9 Å². The zero-order valence-electron chi connectivity index (χ0n) is 20.4. The highest BCUT2D eigenvalue weighted by molar-refractivity contribution is 7.60. The molecule has 1 fully saturated rings. The summed E-state index contributed by atoms with van der Waals surface area (Å²) in [5.74, 6) is -1.53. The largest absolute Gasteiger partial charge is 0.486 e. The average Bonchev–Trinajstić information content (AvgIpc) is 3.23. The Morgan fingerprint density at radius 1 is 1.19 bits per heavy atom. The molecule has 8 nitrogen and oxygen atoms in total. The molecule has 0 saturated carbocycles. The van der Waals surface area contributed by atoms with Crippen LogP contribution in [-0.2, 0) is 13.8 Å². The summed E-state index contributed by atoms with van der Waals surface area (Å²) in [5, 5.41) is 5.79. The van der Waals surface area contributed by atoms with Crippen LogP contribution in [0.4, 0.5) is 4.39 Å². The van der Waals surface area contributed by atoms with E-state index in [1.54, 1.807) is 36.7 Å². The lowest BCUT2D eigenvalue weighted by atomic mass is 10.1. The van der Waals surface area contributed by atoms with Gasteiger partial charge < -0.3 is 9.47 Å². The van der Waals surface area contributed by atoms with Gasteiger partial charge in [0.1, 0.15) is 11.9 Å². The molecular weight excluding hydrogens is 531 g/mol. The van der Waals surface area contributed by atoms with Crippen LogP contribution in [0.3, 0.4) is 0 Å². The monoisotopic (exact) mass is 560 g/mol. The molecule has 1 saturated heterocycles. The summed E-state index contributed by atoms with van der Waals surface area (Å²) >= 11 is 12.6. The first kappa shape index (κ1) is 27.5. The van der Waals surface area contributed by atoms with E-state index in [-0.39, 0.29) is 25.1 Å². The molecule has 0 aliphatic carbocycles. The number of halogens is 3. The number of fused-ring (bicyclic) bond motifs is 1. The average molecular weight is 561 g/mol. The van der Waals surface area contributed by atoms with Crippen LogP contribution in [-0.4, -0.2) is 39.5 Å². The summed E-state index contributed by atoms with van der Waals surface area (Å²) in [5.41, 5.74) is 1.25. The Balaban J connectivity index is 1.76. The third-order valence-electron chi connectivity index (χ3n) is 5.88. The summed E-state index contributed by atoms with van der Waals surface area (Å²) in [4.78, 5) is 15.0. The van der Waals surface area contributed by atoms with Crippen LogP contribution in [0.2, 0.25) is 10.0 Å². The van der Waals surface area contributed by atoms with E-state index in [1.807, 2.05) is 6.92 Å². The maximum Gasteiger partial charge on any atom is 0.451 e. The van der Waals surface area contributed by atoms with Crippen molar-refractivity contribution in [1.29, 1.82) is 0 Å². The van der Waals surface area contributed by atoms with Crippen LogP contribution in [0.25, 0.3) is 10.9 Å². The Kier molecular flexibility index (Phi) is 9.05. The first-order valence-corrected chi connectivity index (χ1v) is 14.3. The fourth-order valence-corrected chi connectivity index (χ4v) is 6.54. The predicted molar refractivity (Wildman–Crippen MR) is 138 cm³/mol. The van der Waals surface area contributed by atoms with Crippen molar-refractivity contribution < 1.29 is 27.8 Å². The molecule has 3 atom stereocenters. The Morgan fingerprint density at radius 3 is 2.50 bits per heavy atom. The first-order valence-electron chi connectivity index (χ1n) is 11.9. The molecule has 3 heterocycles. The van der Waals surface area contributed by atoms with Crippen molar-refractivity contribution in [1.82, 2.24) is 14.8 Å². The van der Waals surface area contributed by atoms with Gasteiger partial charge in [0.05, 0.1) is 28.8 Å². The SMILES string of the molecule is CCO[P+](O)(OCC)C(F)c1nn(C2CCCCO2)c2ccc(OC(C)c3c(Cl)cncc3Cl)cc12. The predicted octanol–water partition coefficient (Wildman–Crippen LogP) is 7.37. The Morgan fingerprint density at radius 2 is 1.89 bits per heavy atom. The van der Waals surface area contributed by atoms with Gasteiger partial charge in [-0.3, -0.25) is 4.98 Å². The molecule has 12 heteroatoms. The van der Waals surface area contributed by atoms with E-state index < -0.39 is 20.0 Å². The smallest absolute Gasteiger partial charge is 0.451 e. The van der Waals surface area contributed by atoms with Gasteiger partial charge in [0.2, 0.25) is 0 Å². The fourth-order valence-electron chi connectivity index (χ4n) is 4.29. The molecule has 4 rings (SSSR count). The van der Waals surface area contributed by atoms with Gasteiger partial charge in [-0.25, -0.2) is 4.68 Å². The van der Waals surface area contributed by atoms with Gasteiger partial charge in [0, 0.05) is 30.0 Å². The standard InChI is InChI=1S/C24H30Cl2FN3O5P/c1-4-33-36(31,34-5-2)24(27)23-17-12-16(35-15(3)22-18(25)13-28-14-19(22)26)9-10-20(17)30(29-23)21-8-6-7-11-32-21/h9-10,12-15,21,24,31H,4-8,11H2,1-3H3/q+1. The molecule has 36 heavy (non-hydrogen) atoms. The number of ether oxygens (including phenoxy) is 2. The molecule has 1 aliphatic rings. The Hall–Kier alpha value is -1.58. The molecule has 1 aliphatic heterocycles. The second-order valence-electron chi connectivity index (χ2n) is 8.34. The minimum absolute atomic E-state index is 0.00925. The number of pyridine rings is 1. The van der Waals surface area contributed by atoms with E-state index in [0.717, 1.165) is 19.3 Å². The number of rotatable bonds is 10. The van der Waals surface area contributed by atoms with Crippen molar-refractivity contribution in [3.63, 3.8) is 0 Å². The summed E-state index contributed by atoms with van der Waals surface area (Å²) in [7, 11) is -3.88. The lowest BCUT2D eigenvalue weighted by molar-refractivity contribution is -0.0370. The zero-order valence-corrected chi connectivity index (χ0v) is 22.8.